The predicted octanol–water partition coefficient (Wildman–Crippen LogP) is 6.26. The summed E-state index contributed by atoms with van der Waals surface area (Å²) in [4.78, 5) is 73.0. The highest BCUT2D eigenvalue weighted by molar-refractivity contribution is 7.91. The van der Waals surface area contributed by atoms with Gasteiger partial charge in [0.15, 0.2) is 5.43 Å². The van der Waals surface area contributed by atoms with Crippen LogP contribution in [0.2, 0.25) is 0 Å². The fourth-order valence-corrected chi connectivity index (χ4v) is 10.7. The van der Waals surface area contributed by atoms with E-state index in [0.29, 0.717) is 50.0 Å². The molecule has 3 atom stereocenters. The van der Waals surface area contributed by atoms with Crippen LogP contribution in [0.1, 0.15) is 123 Å². The smallest absolute Gasteiger partial charge is 0.314 e. The number of nitrogens with zero attached hydrogens (tertiary/aromatic N) is 3. The lowest BCUT2D eigenvalue weighted by Crippen LogP contribution is -2.56. The van der Waals surface area contributed by atoms with Gasteiger partial charge in [0, 0.05) is 63.1 Å². The Morgan fingerprint density at radius 2 is 1.72 bits per heavy atom. The van der Waals surface area contributed by atoms with Crippen molar-refractivity contribution in [3.63, 3.8) is 0 Å². The molecule has 0 radical (unpaired) electrons. The molecule has 9 rings (SSSR count). The number of rotatable bonds is 6. The lowest BCUT2D eigenvalue weighted by Gasteiger charge is -2.27. The van der Waals surface area contributed by atoms with Gasteiger partial charge in [0.2, 0.25) is 21.8 Å². The maximum Gasteiger partial charge on any atom is 0.314 e. The van der Waals surface area contributed by atoms with Crippen molar-refractivity contribution in [3.05, 3.63) is 57.2 Å². The maximum absolute atomic E-state index is 13.1. The number of amides is 5. The summed E-state index contributed by atoms with van der Waals surface area (Å²) in [6.07, 6.45) is 17.8. The van der Waals surface area contributed by atoms with Crippen LogP contribution in [0.15, 0.2) is 40.5 Å². The van der Waals surface area contributed by atoms with Crippen LogP contribution in [-0.2, 0) is 24.4 Å². The van der Waals surface area contributed by atoms with E-state index in [4.69, 9.17) is 10.5 Å². The number of thiazole rings is 1. The number of ether oxygens (including phenoxy) is 1. The van der Waals surface area contributed by atoms with Crippen LogP contribution in [0, 0.1) is 12.8 Å². The molecule has 5 fully saturated rings. The maximum atomic E-state index is 13.1. The molecular weight excluding hydrogens is 819 g/mol. The van der Waals surface area contributed by atoms with E-state index in [0.717, 1.165) is 97.7 Å². The molecule has 3 aliphatic carbocycles. The van der Waals surface area contributed by atoms with Gasteiger partial charge in [-0.2, -0.15) is 0 Å². The number of likely N-dealkylation sites (tertiary alicyclic amines) is 1. The summed E-state index contributed by atoms with van der Waals surface area (Å²) in [5.41, 5.74) is 7.53. The molecule has 5 heterocycles. The van der Waals surface area contributed by atoms with Crippen molar-refractivity contribution in [3.8, 4) is 16.5 Å². The number of methoxy groups -OCH3 is 1. The number of aromatic nitrogens is 2. The highest BCUT2D eigenvalue weighted by atomic mass is 32.2. The Hall–Kier alpha value is -4.77. The summed E-state index contributed by atoms with van der Waals surface area (Å²) in [6.45, 7) is 4.22. The Morgan fingerprint density at radius 1 is 0.984 bits per heavy atom. The largest absolute Gasteiger partial charge is 0.496 e. The lowest BCUT2D eigenvalue weighted by atomic mass is 10.1. The number of fused-ring (bicyclic) bond motifs is 3. The summed E-state index contributed by atoms with van der Waals surface area (Å²) < 4.78 is 32.1. The molecular formula is C44H63N7O8S2. The number of urea groups is 1. The van der Waals surface area contributed by atoms with Crippen LogP contribution in [0.5, 0.6) is 5.75 Å². The number of primary amides is 1. The van der Waals surface area contributed by atoms with E-state index < -0.39 is 32.8 Å². The van der Waals surface area contributed by atoms with E-state index in [-0.39, 0.29) is 32.0 Å². The van der Waals surface area contributed by atoms with E-state index in [2.05, 4.69) is 25.4 Å². The fourth-order valence-electron chi connectivity index (χ4n) is 8.47. The normalized spacial score (nSPS) is 24.9. The lowest BCUT2D eigenvalue weighted by molar-refractivity contribution is -0.139. The van der Waals surface area contributed by atoms with Crippen molar-refractivity contribution in [2.24, 2.45) is 11.7 Å². The Morgan fingerprint density at radius 3 is 2.41 bits per heavy atom. The fraction of sp³-hybridized carbons (Fsp3) is 0.591. The van der Waals surface area contributed by atoms with Crippen molar-refractivity contribution < 1.29 is 35.2 Å². The number of aromatic amines is 1. The van der Waals surface area contributed by atoms with Crippen LogP contribution in [0.3, 0.4) is 0 Å². The number of sulfonamides is 1. The van der Waals surface area contributed by atoms with Crippen molar-refractivity contribution in [1.82, 2.24) is 29.8 Å². The number of piperidine rings is 1. The molecule has 3 saturated carbocycles. The van der Waals surface area contributed by atoms with Crippen LogP contribution in [0.25, 0.3) is 21.6 Å². The number of allylic oxidation sites excluding steroid dienone is 1. The van der Waals surface area contributed by atoms with Gasteiger partial charge in [-0.15, -0.1) is 11.3 Å². The standard InChI is InChI=1S/C21H31N3O5S.C17H16N2O2S.C6H12N2O.2H2/c25-18-10-6-4-2-1-3-5-8-15-14-21(15,20(27)23-30(28,29)16-11-12-16)22-19(26)17-9-7-13-24(17)18;1-9-15(21-2)6-5-11-14(20)7-12(18-16(9)11)17-19-13(8-22-17)10-3-4-10;7-6(9)8-4-2-1-3-5-8;;/h5,8,15-17H,1-4,6-7,9-14H2,(H,22,26)(H,23,27);5-8,10H,3-4H2,1-2H3,(H,18,20);1-5H2,(H2,7,9);2*1H/b8-5-;;;;. The predicted molar refractivity (Wildman–Crippen MR) is 239 cm³/mol. The van der Waals surface area contributed by atoms with Gasteiger partial charge in [0.25, 0.3) is 5.91 Å². The highest BCUT2D eigenvalue weighted by Gasteiger charge is 2.61. The monoisotopic (exact) mass is 881 g/mol. The van der Waals surface area contributed by atoms with Crippen LogP contribution in [-0.4, -0.2) is 95.5 Å². The summed E-state index contributed by atoms with van der Waals surface area (Å²) in [6, 6.07) is 4.43. The summed E-state index contributed by atoms with van der Waals surface area (Å²) in [5.74, 6) is 0.148. The zero-order valence-electron chi connectivity index (χ0n) is 35.2. The SMILES string of the molecule is COc1ccc2c(=O)cc(-c3nc(C4CC4)cs3)[nH]c2c1C.NC(=O)N1CCCCC1.O=C1NC2(C(=O)NS(=O)(=O)C3CC3)CC2/C=C\CCCCCCC(=O)N2CCCC12.[HH].[HH]. The number of nitrogens with two attached hydrogens (primary N) is 1. The zero-order valence-corrected chi connectivity index (χ0v) is 36.8. The first-order chi connectivity index (χ1) is 29.3. The molecule has 3 aromatic rings. The molecule has 1 aromatic carbocycles. The minimum atomic E-state index is -3.70. The molecule has 2 aromatic heterocycles. The number of pyridine rings is 1. The second-order valence-corrected chi connectivity index (χ2v) is 20.0. The third-order valence-electron chi connectivity index (χ3n) is 12.6. The van der Waals surface area contributed by atoms with Crippen molar-refractivity contribution in [2.45, 2.75) is 132 Å². The molecule has 2 saturated heterocycles. The van der Waals surface area contributed by atoms with E-state index in [1.54, 1.807) is 40.4 Å². The van der Waals surface area contributed by atoms with E-state index >= 15 is 0 Å². The number of carbonyl (C=O) groups is 4. The Balaban J connectivity index is 0.000000198. The number of H-pyrrole nitrogens is 1. The van der Waals surface area contributed by atoms with Crippen molar-refractivity contribution >= 4 is 56.0 Å². The Bertz CT molecular complexity index is 2330. The van der Waals surface area contributed by atoms with Gasteiger partial charge in [-0.3, -0.25) is 23.9 Å². The Kier molecular flexibility index (Phi) is 13.9. The van der Waals surface area contributed by atoms with Crippen molar-refractivity contribution in [1.29, 1.82) is 0 Å². The molecule has 5 N–H and O–H groups in total. The van der Waals surface area contributed by atoms with Crippen LogP contribution >= 0.6 is 11.3 Å². The van der Waals surface area contributed by atoms with E-state index in [1.165, 1.54) is 19.3 Å². The second-order valence-electron chi connectivity index (χ2n) is 17.2. The van der Waals surface area contributed by atoms with Gasteiger partial charge < -0.3 is 30.6 Å². The van der Waals surface area contributed by atoms with Gasteiger partial charge in [-0.1, -0.05) is 25.0 Å². The average Bonchev–Trinajstić information content (AvgIpc) is 4.21. The average molecular weight is 882 g/mol. The van der Waals surface area contributed by atoms with E-state index in [9.17, 15) is 32.4 Å². The molecule has 61 heavy (non-hydrogen) atoms. The molecule has 0 bridgehead atoms. The van der Waals surface area contributed by atoms with Gasteiger partial charge in [-0.25, -0.2) is 18.2 Å². The number of nitrogens with one attached hydrogen (secondary N) is 3. The molecule has 15 nitrogen and oxygen atoms in total. The molecule has 3 aliphatic heterocycles. The van der Waals surface area contributed by atoms with Gasteiger partial charge in [0.05, 0.1) is 29.3 Å². The third-order valence-corrected chi connectivity index (χ3v) is 15.3. The molecule has 334 valence electrons. The highest BCUT2D eigenvalue weighted by Crippen LogP contribution is 2.46. The number of carbonyl (C=O) groups excluding carboxylic acids is 4. The Labute approximate surface area is 364 Å². The first-order valence-electron chi connectivity index (χ1n) is 21.9. The minimum absolute atomic E-state index is 0. The van der Waals surface area contributed by atoms with Crippen LogP contribution in [0.4, 0.5) is 4.79 Å². The number of aryl methyl sites for hydroxylation is 1. The molecule has 0 spiro atoms. The minimum Gasteiger partial charge on any atom is -0.496 e. The number of hydrogen-bond donors (Lipinski definition) is 4. The number of hydrogen-bond acceptors (Lipinski definition) is 10. The van der Waals surface area contributed by atoms with Gasteiger partial charge in [-0.05, 0) is 103 Å². The molecule has 17 heteroatoms. The molecule has 3 unspecified atom stereocenters. The third kappa shape index (κ3) is 10.6. The van der Waals surface area contributed by atoms with Crippen LogP contribution < -0.4 is 25.9 Å². The summed E-state index contributed by atoms with van der Waals surface area (Å²) >= 11 is 1.59. The van der Waals surface area contributed by atoms with Gasteiger partial charge >= 0.3 is 6.03 Å². The first-order valence-corrected chi connectivity index (χ1v) is 24.3. The number of benzene rings is 1. The molecule has 5 amide bonds. The zero-order chi connectivity index (χ0) is 43.3. The first kappa shape index (κ1) is 44.3. The van der Waals surface area contributed by atoms with Gasteiger partial charge in [0.1, 0.15) is 22.3 Å². The summed E-state index contributed by atoms with van der Waals surface area (Å²) in [7, 11) is -2.06. The van der Waals surface area contributed by atoms with Crippen molar-refractivity contribution in [2.75, 3.05) is 26.7 Å². The quantitative estimate of drug-likeness (QED) is 0.205. The van der Waals surface area contributed by atoms with E-state index in [1.807, 2.05) is 25.1 Å². The summed E-state index contributed by atoms with van der Waals surface area (Å²) in [5, 5.41) is 6.01. The second kappa shape index (κ2) is 19.1. The molecule has 6 aliphatic rings. The topological polar surface area (TPSA) is 214 Å².